The standard InChI is InChI=1S/C24H28N6O2/c1-6-32-24-18(10-8-12-26-24)19-13-20(27-14-17-9-7-11-25-23(17)31-5)22-21(28-19)16(4)29-30(22)15(2)3/h7-13,15H,6,14H2,1-5H3,(H,27,28)/i6D2. The normalized spacial score (nSPS) is 12.6. The third-order valence-corrected chi connectivity index (χ3v) is 5.07. The van der Waals surface area contributed by atoms with E-state index in [1.807, 2.05) is 35.9 Å². The summed E-state index contributed by atoms with van der Waals surface area (Å²) in [7, 11) is 1.60. The number of nitrogens with zero attached hydrogens (tertiary/aromatic N) is 5. The summed E-state index contributed by atoms with van der Waals surface area (Å²) in [4.78, 5) is 13.4. The maximum atomic E-state index is 7.83. The monoisotopic (exact) mass is 434 g/mol. The molecule has 0 atom stereocenters. The molecule has 0 fully saturated rings. The minimum absolute atomic E-state index is 0.127. The molecule has 8 nitrogen and oxygen atoms in total. The van der Waals surface area contributed by atoms with Crippen molar-refractivity contribution in [1.82, 2.24) is 24.7 Å². The van der Waals surface area contributed by atoms with Gasteiger partial charge in [0, 0.05) is 30.5 Å². The van der Waals surface area contributed by atoms with Crippen LogP contribution in [0.3, 0.4) is 0 Å². The second-order valence-corrected chi connectivity index (χ2v) is 7.56. The molecule has 0 aromatic carbocycles. The Bertz CT molecular complexity index is 1320. The number of aromatic nitrogens is 5. The summed E-state index contributed by atoms with van der Waals surface area (Å²) >= 11 is 0. The minimum Gasteiger partial charge on any atom is -0.481 e. The number of hydrogen-bond acceptors (Lipinski definition) is 7. The summed E-state index contributed by atoms with van der Waals surface area (Å²) in [5.41, 5.74) is 5.37. The lowest BCUT2D eigenvalue weighted by atomic mass is 10.1. The van der Waals surface area contributed by atoms with Crippen molar-refractivity contribution < 1.29 is 12.2 Å². The summed E-state index contributed by atoms with van der Waals surface area (Å²) in [5, 5.41) is 8.23. The number of aryl methyl sites for hydroxylation is 1. The number of pyridine rings is 3. The van der Waals surface area contributed by atoms with Gasteiger partial charge >= 0.3 is 0 Å². The molecule has 0 spiro atoms. The first kappa shape index (κ1) is 19.0. The number of anilines is 1. The van der Waals surface area contributed by atoms with Crippen LogP contribution >= 0.6 is 0 Å². The molecule has 0 bridgehead atoms. The van der Waals surface area contributed by atoms with Crippen LogP contribution in [0.5, 0.6) is 11.8 Å². The van der Waals surface area contributed by atoms with Gasteiger partial charge in [-0.2, -0.15) is 5.10 Å². The average molecular weight is 435 g/mol. The van der Waals surface area contributed by atoms with Gasteiger partial charge in [-0.1, -0.05) is 6.07 Å². The summed E-state index contributed by atoms with van der Waals surface area (Å²) in [6.07, 6.45) is 3.26. The molecule has 4 heterocycles. The van der Waals surface area contributed by atoms with E-state index in [1.54, 1.807) is 25.6 Å². The Balaban J connectivity index is 1.86. The van der Waals surface area contributed by atoms with Gasteiger partial charge in [-0.3, -0.25) is 4.68 Å². The second-order valence-electron chi connectivity index (χ2n) is 7.56. The molecular formula is C24H28N6O2. The molecular weight excluding hydrogens is 404 g/mol. The van der Waals surface area contributed by atoms with Crippen LogP contribution in [0.4, 0.5) is 5.69 Å². The SMILES string of the molecule is [2H]C([2H])(C)Oc1ncccc1-c1cc(NCc2cccnc2OC)c2c(n1)c(C)nn2C(C)C. The molecule has 4 rings (SSSR count). The summed E-state index contributed by atoms with van der Waals surface area (Å²) in [6, 6.07) is 9.46. The van der Waals surface area contributed by atoms with Crippen molar-refractivity contribution in [3.8, 4) is 23.0 Å². The van der Waals surface area contributed by atoms with E-state index < -0.39 is 6.56 Å². The minimum atomic E-state index is -1.89. The smallest absolute Gasteiger partial charge is 0.222 e. The van der Waals surface area contributed by atoms with E-state index in [4.69, 9.17) is 22.3 Å². The van der Waals surface area contributed by atoms with E-state index in [0.717, 1.165) is 28.0 Å². The molecule has 4 aromatic rings. The first-order chi connectivity index (χ1) is 16.2. The highest BCUT2D eigenvalue weighted by molar-refractivity contribution is 5.93. The maximum Gasteiger partial charge on any atom is 0.222 e. The lowest BCUT2D eigenvalue weighted by Gasteiger charge is -2.15. The highest BCUT2D eigenvalue weighted by Gasteiger charge is 2.19. The van der Waals surface area contributed by atoms with Crippen LogP contribution in [0.25, 0.3) is 22.3 Å². The van der Waals surface area contributed by atoms with Gasteiger partial charge in [-0.15, -0.1) is 0 Å². The van der Waals surface area contributed by atoms with Crippen LogP contribution in [0.15, 0.2) is 42.7 Å². The van der Waals surface area contributed by atoms with E-state index in [0.29, 0.717) is 23.7 Å². The van der Waals surface area contributed by atoms with Crippen LogP contribution in [-0.4, -0.2) is 38.4 Å². The fourth-order valence-electron chi connectivity index (χ4n) is 3.62. The maximum absolute atomic E-state index is 7.83. The van der Waals surface area contributed by atoms with Crippen LogP contribution in [0.2, 0.25) is 0 Å². The number of fused-ring (bicyclic) bond motifs is 1. The largest absolute Gasteiger partial charge is 0.481 e. The molecule has 4 aromatic heterocycles. The van der Waals surface area contributed by atoms with Gasteiger partial charge in [-0.05, 0) is 52.0 Å². The molecule has 0 unspecified atom stereocenters. The lowest BCUT2D eigenvalue weighted by molar-refractivity contribution is 0.328. The first-order valence-electron chi connectivity index (χ1n) is 11.4. The first-order valence-corrected chi connectivity index (χ1v) is 10.4. The molecule has 0 saturated carbocycles. The Morgan fingerprint density at radius 3 is 2.62 bits per heavy atom. The fourth-order valence-corrected chi connectivity index (χ4v) is 3.62. The molecule has 0 aliphatic rings. The Kier molecular flexibility index (Phi) is 5.48. The van der Waals surface area contributed by atoms with Crippen molar-refractivity contribution in [2.24, 2.45) is 0 Å². The molecule has 32 heavy (non-hydrogen) atoms. The Hall–Kier alpha value is -3.68. The lowest BCUT2D eigenvalue weighted by Crippen LogP contribution is -2.08. The number of ether oxygens (including phenoxy) is 2. The van der Waals surface area contributed by atoms with Gasteiger partial charge in [0.2, 0.25) is 11.8 Å². The summed E-state index contributed by atoms with van der Waals surface area (Å²) in [5.74, 6) is 0.734. The van der Waals surface area contributed by atoms with E-state index in [1.165, 1.54) is 6.92 Å². The van der Waals surface area contributed by atoms with E-state index in [9.17, 15) is 0 Å². The summed E-state index contributed by atoms with van der Waals surface area (Å²) < 4.78 is 28.5. The molecule has 0 amide bonds. The Morgan fingerprint density at radius 1 is 1.16 bits per heavy atom. The number of rotatable bonds is 8. The van der Waals surface area contributed by atoms with E-state index >= 15 is 0 Å². The van der Waals surface area contributed by atoms with E-state index in [-0.39, 0.29) is 11.9 Å². The van der Waals surface area contributed by atoms with Gasteiger partial charge in [0.05, 0.1) is 39.0 Å². The zero-order chi connectivity index (χ0) is 24.5. The fraction of sp³-hybridized carbons (Fsp3) is 0.333. The van der Waals surface area contributed by atoms with Crippen molar-refractivity contribution in [2.75, 3.05) is 19.0 Å². The van der Waals surface area contributed by atoms with Gasteiger partial charge in [0.1, 0.15) is 11.0 Å². The zero-order valence-corrected chi connectivity index (χ0v) is 18.9. The Morgan fingerprint density at radius 2 is 1.91 bits per heavy atom. The molecule has 0 aliphatic heterocycles. The van der Waals surface area contributed by atoms with Crippen LogP contribution in [0, 0.1) is 6.92 Å². The van der Waals surface area contributed by atoms with Gasteiger partial charge < -0.3 is 14.8 Å². The predicted molar refractivity (Wildman–Crippen MR) is 125 cm³/mol. The third kappa shape index (κ3) is 4.08. The van der Waals surface area contributed by atoms with Crippen molar-refractivity contribution in [1.29, 1.82) is 0 Å². The van der Waals surface area contributed by atoms with Gasteiger partial charge in [0.15, 0.2) is 0 Å². The molecule has 1 N–H and O–H groups in total. The van der Waals surface area contributed by atoms with Crippen molar-refractivity contribution in [2.45, 2.75) is 40.3 Å². The number of methoxy groups -OCH3 is 1. The van der Waals surface area contributed by atoms with Gasteiger partial charge in [-0.25, -0.2) is 15.0 Å². The third-order valence-electron chi connectivity index (χ3n) is 5.07. The molecule has 0 aliphatic carbocycles. The van der Waals surface area contributed by atoms with Crippen LogP contribution in [0.1, 0.15) is 40.8 Å². The average Bonchev–Trinajstić information content (AvgIpc) is 3.14. The quantitative estimate of drug-likeness (QED) is 0.426. The highest BCUT2D eigenvalue weighted by Crippen LogP contribution is 2.35. The van der Waals surface area contributed by atoms with Gasteiger partial charge in [0.25, 0.3) is 0 Å². The molecule has 8 heteroatoms. The summed E-state index contributed by atoms with van der Waals surface area (Å²) in [6.45, 7) is 6.01. The van der Waals surface area contributed by atoms with Crippen molar-refractivity contribution in [3.63, 3.8) is 0 Å². The van der Waals surface area contributed by atoms with E-state index in [2.05, 4.69) is 29.1 Å². The van der Waals surface area contributed by atoms with Crippen molar-refractivity contribution in [3.05, 3.63) is 54.0 Å². The highest BCUT2D eigenvalue weighted by atomic mass is 16.5. The zero-order valence-electron chi connectivity index (χ0n) is 20.9. The van der Waals surface area contributed by atoms with Crippen molar-refractivity contribution >= 4 is 16.7 Å². The second kappa shape index (κ2) is 9.21. The molecule has 0 radical (unpaired) electrons. The topological polar surface area (TPSA) is 87.0 Å². The Labute approximate surface area is 190 Å². The molecule has 0 saturated heterocycles. The molecule has 166 valence electrons. The number of nitrogens with one attached hydrogen (secondary N) is 1. The van der Waals surface area contributed by atoms with Crippen LogP contribution < -0.4 is 14.8 Å². The number of hydrogen-bond donors (Lipinski definition) is 1. The predicted octanol–water partition coefficient (Wildman–Crippen LogP) is 4.80. The van der Waals surface area contributed by atoms with Crippen LogP contribution in [-0.2, 0) is 6.54 Å².